The summed E-state index contributed by atoms with van der Waals surface area (Å²) in [5.74, 6) is 0. The first-order valence-electron chi connectivity index (χ1n) is 3.43. The zero-order chi connectivity index (χ0) is 8.32. The van der Waals surface area contributed by atoms with E-state index in [0.717, 1.165) is 5.56 Å². The molecule has 0 radical (unpaired) electrons. The Morgan fingerprint density at radius 3 is 2.18 bits per heavy atom. The minimum Gasteiger partial charge on any atom is -0.306 e. The monoisotopic (exact) mass is 148 g/mol. The van der Waals surface area contributed by atoms with Gasteiger partial charge in [-0.3, -0.25) is 0 Å². The Morgan fingerprint density at radius 2 is 1.73 bits per heavy atom. The fourth-order valence-electron chi connectivity index (χ4n) is 0.845. The summed E-state index contributed by atoms with van der Waals surface area (Å²) in [4.78, 5) is 0. The average molecular weight is 148 g/mol. The molecule has 1 rings (SSSR count). The van der Waals surface area contributed by atoms with Gasteiger partial charge >= 0.3 is 0 Å². The van der Waals surface area contributed by atoms with Crippen molar-refractivity contribution < 1.29 is 0 Å². The van der Waals surface area contributed by atoms with Crippen molar-refractivity contribution in [1.82, 2.24) is 0 Å². The van der Waals surface area contributed by atoms with Crippen LogP contribution in [0.25, 0.3) is 0 Å². The topological polar surface area (TPSA) is 52.0 Å². The van der Waals surface area contributed by atoms with Crippen LogP contribution in [0.1, 0.15) is 5.56 Å². The van der Waals surface area contributed by atoms with E-state index < -0.39 is 5.66 Å². The summed E-state index contributed by atoms with van der Waals surface area (Å²) in [5.41, 5.74) is 11.4. The normalized spacial score (nSPS) is 11.1. The van der Waals surface area contributed by atoms with Crippen molar-refractivity contribution in [2.24, 2.45) is 11.5 Å². The number of hydrogen-bond acceptors (Lipinski definition) is 2. The molecule has 0 aliphatic heterocycles. The Balaban J connectivity index is 3.02. The largest absolute Gasteiger partial charge is 0.306 e. The third-order valence-electron chi connectivity index (χ3n) is 1.61. The second-order valence-corrected chi connectivity index (χ2v) is 2.50. The van der Waals surface area contributed by atoms with Gasteiger partial charge in [-0.2, -0.15) is 0 Å². The lowest BCUT2D eigenvalue weighted by molar-refractivity contribution is 0.594. The molecule has 58 valence electrons. The number of rotatable bonds is 2. The molecule has 0 atom stereocenters. The van der Waals surface area contributed by atoms with E-state index in [1.54, 1.807) is 0 Å². The molecule has 1 aromatic rings. The Hall–Kier alpha value is -1.12. The maximum absolute atomic E-state index is 5.70. The molecule has 0 bridgehead atoms. The second kappa shape index (κ2) is 2.86. The van der Waals surface area contributed by atoms with Crippen LogP contribution in [0.15, 0.2) is 43.0 Å². The molecule has 0 aliphatic rings. The summed E-state index contributed by atoms with van der Waals surface area (Å²) in [6, 6.07) is 9.46. The fraction of sp³-hybridized carbons (Fsp3) is 0.111. The van der Waals surface area contributed by atoms with Crippen LogP contribution < -0.4 is 11.5 Å². The predicted octanol–water partition coefficient (Wildman–Crippen LogP) is 0.943. The third-order valence-corrected chi connectivity index (χ3v) is 1.61. The lowest BCUT2D eigenvalue weighted by atomic mass is 10.0. The highest BCUT2D eigenvalue weighted by Gasteiger charge is 2.15. The van der Waals surface area contributed by atoms with Crippen LogP contribution in [0.4, 0.5) is 0 Å². The Kier molecular flexibility index (Phi) is 2.08. The van der Waals surface area contributed by atoms with Gasteiger partial charge in [0.1, 0.15) is 5.66 Å². The zero-order valence-corrected chi connectivity index (χ0v) is 6.33. The molecule has 0 saturated heterocycles. The zero-order valence-electron chi connectivity index (χ0n) is 6.33. The van der Waals surface area contributed by atoms with Crippen molar-refractivity contribution >= 4 is 0 Å². The van der Waals surface area contributed by atoms with Gasteiger partial charge in [-0.1, -0.05) is 43.0 Å². The molecule has 2 nitrogen and oxygen atoms in total. The van der Waals surface area contributed by atoms with E-state index in [0.29, 0.717) is 0 Å². The van der Waals surface area contributed by atoms with Gasteiger partial charge in [0.15, 0.2) is 0 Å². The summed E-state index contributed by atoms with van der Waals surface area (Å²) in [6.45, 7) is 3.56. The summed E-state index contributed by atoms with van der Waals surface area (Å²) in [6.07, 6.45) is 1.53. The lowest BCUT2D eigenvalue weighted by Crippen LogP contribution is -2.43. The smallest absolute Gasteiger partial charge is 0.109 e. The van der Waals surface area contributed by atoms with E-state index in [1.807, 2.05) is 30.3 Å². The van der Waals surface area contributed by atoms with Crippen molar-refractivity contribution in [3.05, 3.63) is 48.6 Å². The first-order valence-corrected chi connectivity index (χ1v) is 3.43. The van der Waals surface area contributed by atoms with Gasteiger partial charge in [-0.25, -0.2) is 0 Å². The summed E-state index contributed by atoms with van der Waals surface area (Å²) in [5, 5.41) is 0. The molecule has 1 aromatic carbocycles. The molecule has 0 amide bonds. The first-order chi connectivity index (χ1) is 5.17. The molecule has 4 N–H and O–H groups in total. The minimum atomic E-state index is -0.902. The molecule has 2 heteroatoms. The van der Waals surface area contributed by atoms with Crippen LogP contribution in [0.5, 0.6) is 0 Å². The van der Waals surface area contributed by atoms with Gasteiger partial charge in [0.05, 0.1) is 0 Å². The van der Waals surface area contributed by atoms with Gasteiger partial charge in [0, 0.05) is 0 Å². The molecular weight excluding hydrogens is 136 g/mol. The molecule has 0 unspecified atom stereocenters. The van der Waals surface area contributed by atoms with Gasteiger partial charge in [-0.15, -0.1) is 0 Å². The minimum absolute atomic E-state index is 0.870. The molecule has 0 fully saturated rings. The van der Waals surface area contributed by atoms with Crippen molar-refractivity contribution in [2.45, 2.75) is 5.66 Å². The van der Waals surface area contributed by atoms with E-state index in [-0.39, 0.29) is 0 Å². The number of benzene rings is 1. The number of nitrogens with two attached hydrogens (primary N) is 2. The van der Waals surface area contributed by atoms with Crippen molar-refractivity contribution in [1.29, 1.82) is 0 Å². The van der Waals surface area contributed by atoms with Gasteiger partial charge in [0.25, 0.3) is 0 Å². The average Bonchev–Trinajstić information content (AvgIpc) is 2.06. The molecule has 0 aliphatic carbocycles. The van der Waals surface area contributed by atoms with Gasteiger partial charge in [-0.05, 0) is 5.56 Å². The summed E-state index contributed by atoms with van der Waals surface area (Å²) >= 11 is 0. The second-order valence-electron chi connectivity index (χ2n) is 2.50. The molecule has 11 heavy (non-hydrogen) atoms. The van der Waals surface area contributed by atoms with E-state index in [4.69, 9.17) is 11.5 Å². The molecule has 0 heterocycles. The number of hydrogen-bond donors (Lipinski definition) is 2. The highest BCUT2D eigenvalue weighted by atomic mass is 14.9. The Labute approximate surface area is 66.5 Å². The van der Waals surface area contributed by atoms with Crippen LogP contribution in [0.2, 0.25) is 0 Å². The Morgan fingerprint density at radius 1 is 1.18 bits per heavy atom. The fourth-order valence-corrected chi connectivity index (χ4v) is 0.845. The van der Waals surface area contributed by atoms with Crippen LogP contribution in [0.3, 0.4) is 0 Å². The first kappa shape index (κ1) is 7.98. The van der Waals surface area contributed by atoms with E-state index in [2.05, 4.69) is 6.58 Å². The van der Waals surface area contributed by atoms with Crippen molar-refractivity contribution in [3.63, 3.8) is 0 Å². The van der Waals surface area contributed by atoms with E-state index >= 15 is 0 Å². The van der Waals surface area contributed by atoms with Crippen LogP contribution in [-0.4, -0.2) is 0 Å². The highest BCUT2D eigenvalue weighted by molar-refractivity contribution is 5.26. The molecule has 0 saturated carbocycles. The van der Waals surface area contributed by atoms with Crippen molar-refractivity contribution in [3.8, 4) is 0 Å². The van der Waals surface area contributed by atoms with Crippen LogP contribution >= 0.6 is 0 Å². The molecular formula is C9H12N2. The van der Waals surface area contributed by atoms with E-state index in [9.17, 15) is 0 Å². The summed E-state index contributed by atoms with van der Waals surface area (Å²) in [7, 11) is 0. The molecule has 0 spiro atoms. The third kappa shape index (κ3) is 1.67. The van der Waals surface area contributed by atoms with Crippen LogP contribution in [-0.2, 0) is 5.66 Å². The maximum atomic E-state index is 5.70. The van der Waals surface area contributed by atoms with Crippen molar-refractivity contribution in [2.75, 3.05) is 0 Å². The van der Waals surface area contributed by atoms with Gasteiger partial charge in [0.2, 0.25) is 0 Å². The maximum Gasteiger partial charge on any atom is 0.109 e. The SMILES string of the molecule is C=CC(N)(N)c1ccccc1. The Bertz CT molecular complexity index is 239. The highest BCUT2D eigenvalue weighted by Crippen LogP contribution is 2.11. The predicted molar refractivity (Wildman–Crippen MR) is 46.7 cm³/mol. The quantitative estimate of drug-likeness (QED) is 0.484. The van der Waals surface area contributed by atoms with Gasteiger partial charge < -0.3 is 11.5 Å². The van der Waals surface area contributed by atoms with E-state index in [1.165, 1.54) is 6.08 Å². The summed E-state index contributed by atoms with van der Waals surface area (Å²) < 4.78 is 0. The molecule has 0 aromatic heterocycles. The van der Waals surface area contributed by atoms with Crippen LogP contribution in [0, 0.1) is 0 Å². The standard InChI is InChI=1S/C9H12N2/c1-2-9(10,11)8-6-4-3-5-7-8/h2-7H,1,10-11H2. The lowest BCUT2D eigenvalue weighted by Gasteiger charge is -2.19.